The average molecular weight is 284 g/mol. The fourth-order valence-corrected chi connectivity index (χ4v) is 3.97. The second kappa shape index (κ2) is 5.78. The average Bonchev–Trinajstić information content (AvgIpc) is 3.16. The highest BCUT2D eigenvalue weighted by Crippen LogP contribution is 2.25. The summed E-state index contributed by atoms with van der Waals surface area (Å²) in [6, 6.07) is 9.05. The maximum absolute atomic E-state index is 4.72. The highest BCUT2D eigenvalue weighted by atomic mass is 15.2. The van der Waals surface area contributed by atoms with Crippen molar-refractivity contribution in [3.63, 3.8) is 0 Å². The molecular weight excluding hydrogens is 260 g/mol. The van der Waals surface area contributed by atoms with Gasteiger partial charge in [-0.2, -0.15) is 0 Å². The summed E-state index contributed by atoms with van der Waals surface area (Å²) < 4.78 is 0. The van der Waals surface area contributed by atoms with Gasteiger partial charge in [-0.15, -0.1) is 0 Å². The molecule has 2 N–H and O–H groups in total. The van der Waals surface area contributed by atoms with Gasteiger partial charge in [-0.25, -0.2) is 4.98 Å². The number of aromatic amines is 1. The summed E-state index contributed by atoms with van der Waals surface area (Å²) in [5.41, 5.74) is 2.23. The van der Waals surface area contributed by atoms with Crippen molar-refractivity contribution < 1.29 is 0 Å². The van der Waals surface area contributed by atoms with E-state index in [0.29, 0.717) is 0 Å². The number of para-hydroxylation sites is 2. The summed E-state index contributed by atoms with van der Waals surface area (Å²) in [5.74, 6) is 1.93. The first-order chi connectivity index (χ1) is 10.4. The van der Waals surface area contributed by atoms with Gasteiger partial charge in [-0.3, -0.25) is 4.90 Å². The van der Waals surface area contributed by atoms with E-state index in [-0.39, 0.29) is 0 Å². The van der Waals surface area contributed by atoms with Gasteiger partial charge in [-0.1, -0.05) is 12.1 Å². The van der Waals surface area contributed by atoms with Crippen molar-refractivity contribution >= 4 is 11.0 Å². The first-order valence-electron chi connectivity index (χ1n) is 8.28. The Hall–Kier alpha value is -1.39. The number of hydrogen-bond acceptors (Lipinski definition) is 3. The number of piperidine rings is 1. The lowest BCUT2D eigenvalue weighted by molar-refractivity contribution is 0.143. The van der Waals surface area contributed by atoms with Crippen LogP contribution >= 0.6 is 0 Å². The van der Waals surface area contributed by atoms with Gasteiger partial charge >= 0.3 is 0 Å². The van der Waals surface area contributed by atoms with Gasteiger partial charge in [0.15, 0.2) is 0 Å². The zero-order valence-electron chi connectivity index (χ0n) is 12.5. The van der Waals surface area contributed by atoms with Crippen LogP contribution in [0.1, 0.15) is 31.5 Å². The summed E-state index contributed by atoms with van der Waals surface area (Å²) in [6.07, 6.45) is 5.42. The molecule has 1 aromatic heterocycles. The predicted octanol–water partition coefficient (Wildman–Crippen LogP) is 2.53. The van der Waals surface area contributed by atoms with Crippen molar-refractivity contribution in [2.45, 2.75) is 38.3 Å². The van der Waals surface area contributed by atoms with Crippen molar-refractivity contribution in [3.05, 3.63) is 30.1 Å². The minimum atomic E-state index is 0.753. The van der Waals surface area contributed by atoms with Gasteiger partial charge in [-0.05, 0) is 56.8 Å². The highest BCUT2D eigenvalue weighted by molar-refractivity contribution is 5.74. The van der Waals surface area contributed by atoms with E-state index in [0.717, 1.165) is 35.4 Å². The summed E-state index contributed by atoms with van der Waals surface area (Å²) in [7, 11) is 0. The molecule has 21 heavy (non-hydrogen) atoms. The van der Waals surface area contributed by atoms with E-state index in [9.17, 15) is 0 Å². The first kappa shape index (κ1) is 13.3. The van der Waals surface area contributed by atoms with Crippen molar-refractivity contribution in [2.75, 3.05) is 19.6 Å². The summed E-state index contributed by atoms with van der Waals surface area (Å²) in [4.78, 5) is 10.8. The molecule has 3 heterocycles. The molecule has 0 bridgehead atoms. The Bertz CT molecular complexity index is 567. The standard InChI is InChI=1S/C17H24N4/c1-2-7-16-15(6-1)19-17(20-16)12-21-10-4-5-13(11-21)14-8-3-9-18-14/h1-2,6-7,13-14,18H,3-5,8-12H2,(H,19,20). The van der Waals surface area contributed by atoms with Crippen LogP contribution in [0.5, 0.6) is 0 Å². The zero-order valence-corrected chi connectivity index (χ0v) is 12.5. The molecule has 2 saturated heterocycles. The van der Waals surface area contributed by atoms with E-state index < -0.39 is 0 Å². The lowest BCUT2D eigenvalue weighted by atomic mass is 9.90. The van der Waals surface area contributed by atoms with E-state index in [2.05, 4.69) is 39.5 Å². The maximum atomic E-state index is 4.72. The molecular formula is C17H24N4. The third-order valence-electron chi connectivity index (χ3n) is 5.02. The zero-order chi connectivity index (χ0) is 14.1. The van der Waals surface area contributed by atoms with Crippen molar-refractivity contribution in [1.82, 2.24) is 20.2 Å². The van der Waals surface area contributed by atoms with Crippen LogP contribution in [0, 0.1) is 5.92 Å². The number of benzene rings is 1. The van der Waals surface area contributed by atoms with Gasteiger partial charge in [0, 0.05) is 12.6 Å². The summed E-state index contributed by atoms with van der Waals surface area (Å²) >= 11 is 0. The number of nitrogens with zero attached hydrogens (tertiary/aromatic N) is 2. The third kappa shape index (κ3) is 2.83. The second-order valence-corrected chi connectivity index (χ2v) is 6.54. The molecule has 112 valence electrons. The van der Waals surface area contributed by atoms with Gasteiger partial charge < -0.3 is 10.3 Å². The lowest BCUT2D eigenvalue weighted by Gasteiger charge is -2.35. The van der Waals surface area contributed by atoms with Crippen LogP contribution < -0.4 is 5.32 Å². The van der Waals surface area contributed by atoms with E-state index >= 15 is 0 Å². The quantitative estimate of drug-likeness (QED) is 0.910. The molecule has 2 atom stereocenters. The molecule has 4 heteroatoms. The lowest BCUT2D eigenvalue weighted by Crippen LogP contribution is -2.43. The Morgan fingerprint density at radius 3 is 3.00 bits per heavy atom. The number of nitrogens with one attached hydrogen (secondary N) is 2. The van der Waals surface area contributed by atoms with Crippen LogP contribution in [-0.4, -0.2) is 40.5 Å². The van der Waals surface area contributed by atoms with Crippen molar-refractivity contribution in [3.8, 4) is 0 Å². The van der Waals surface area contributed by atoms with Crippen LogP contribution in [0.25, 0.3) is 11.0 Å². The number of fused-ring (bicyclic) bond motifs is 1. The second-order valence-electron chi connectivity index (χ2n) is 6.54. The molecule has 2 unspecified atom stereocenters. The molecule has 2 aliphatic heterocycles. The number of hydrogen-bond donors (Lipinski definition) is 2. The first-order valence-corrected chi connectivity index (χ1v) is 8.28. The Morgan fingerprint density at radius 2 is 2.14 bits per heavy atom. The van der Waals surface area contributed by atoms with Crippen LogP contribution in [0.3, 0.4) is 0 Å². The van der Waals surface area contributed by atoms with Crippen molar-refractivity contribution in [2.24, 2.45) is 5.92 Å². The summed E-state index contributed by atoms with van der Waals surface area (Å²) in [5, 5.41) is 3.68. The van der Waals surface area contributed by atoms with Gasteiger partial charge in [0.2, 0.25) is 0 Å². The molecule has 4 rings (SSSR count). The molecule has 2 aliphatic rings. The number of likely N-dealkylation sites (tertiary alicyclic amines) is 1. The number of imidazole rings is 1. The molecule has 0 saturated carbocycles. The summed E-state index contributed by atoms with van der Waals surface area (Å²) in [6.45, 7) is 4.59. The van der Waals surface area contributed by atoms with E-state index in [1.54, 1.807) is 0 Å². The minimum Gasteiger partial charge on any atom is -0.341 e. The smallest absolute Gasteiger partial charge is 0.121 e. The third-order valence-corrected chi connectivity index (χ3v) is 5.02. The Balaban J connectivity index is 1.43. The fraction of sp³-hybridized carbons (Fsp3) is 0.588. The molecule has 1 aromatic carbocycles. The SMILES string of the molecule is c1ccc2[nH]c(CN3CCCC(C4CCCN4)C3)nc2c1. The monoisotopic (exact) mass is 284 g/mol. The van der Waals surface area contributed by atoms with Crippen LogP contribution in [-0.2, 0) is 6.54 Å². The van der Waals surface area contributed by atoms with Crippen molar-refractivity contribution in [1.29, 1.82) is 0 Å². The molecule has 2 fully saturated rings. The Kier molecular flexibility index (Phi) is 3.65. The van der Waals surface area contributed by atoms with E-state index in [4.69, 9.17) is 4.98 Å². The van der Waals surface area contributed by atoms with E-state index in [1.165, 1.54) is 45.3 Å². The maximum Gasteiger partial charge on any atom is 0.121 e. The van der Waals surface area contributed by atoms with Gasteiger partial charge in [0.05, 0.1) is 17.6 Å². The number of rotatable bonds is 3. The van der Waals surface area contributed by atoms with Gasteiger partial charge in [0.25, 0.3) is 0 Å². The normalized spacial score (nSPS) is 27.4. The Morgan fingerprint density at radius 1 is 1.19 bits per heavy atom. The molecule has 0 spiro atoms. The van der Waals surface area contributed by atoms with Crippen LogP contribution in [0.2, 0.25) is 0 Å². The molecule has 0 aliphatic carbocycles. The Labute approximate surface area is 125 Å². The number of H-pyrrole nitrogens is 1. The minimum absolute atomic E-state index is 0.753. The molecule has 0 radical (unpaired) electrons. The van der Waals surface area contributed by atoms with Crippen LogP contribution in [0.15, 0.2) is 24.3 Å². The number of aromatic nitrogens is 2. The van der Waals surface area contributed by atoms with Crippen LogP contribution in [0.4, 0.5) is 0 Å². The fourth-order valence-electron chi connectivity index (χ4n) is 3.97. The largest absolute Gasteiger partial charge is 0.341 e. The molecule has 4 nitrogen and oxygen atoms in total. The molecule has 2 aromatic rings. The van der Waals surface area contributed by atoms with Gasteiger partial charge in [0.1, 0.15) is 5.82 Å². The highest BCUT2D eigenvalue weighted by Gasteiger charge is 2.29. The predicted molar refractivity (Wildman–Crippen MR) is 85.1 cm³/mol. The van der Waals surface area contributed by atoms with E-state index in [1.807, 2.05) is 0 Å². The topological polar surface area (TPSA) is 44.0 Å². The molecule has 0 amide bonds.